The number of hydrogen-bond donors (Lipinski definition) is 3. The molecular weight excluding hydrogens is 282 g/mol. The summed E-state index contributed by atoms with van der Waals surface area (Å²) in [4.78, 5) is 23.4. The first-order valence-corrected chi connectivity index (χ1v) is 6.68. The lowest BCUT2D eigenvalue weighted by Gasteiger charge is -2.16. The van der Waals surface area contributed by atoms with Crippen molar-refractivity contribution in [3.63, 3.8) is 0 Å². The molecule has 1 atom stereocenters. The molecule has 1 aliphatic carbocycles. The van der Waals surface area contributed by atoms with Gasteiger partial charge < -0.3 is 15.7 Å². The Kier molecular flexibility index (Phi) is 4.85. The van der Waals surface area contributed by atoms with Gasteiger partial charge in [-0.2, -0.15) is 0 Å². The fraction of sp³-hybridized carbons (Fsp3) is 0.429. The molecule has 0 aromatic heterocycles. The van der Waals surface area contributed by atoms with E-state index in [1.54, 1.807) is 0 Å². The van der Waals surface area contributed by atoms with Crippen LogP contribution in [-0.2, 0) is 9.59 Å². The molecular formula is C14H16F2N2O3. The lowest BCUT2D eigenvalue weighted by molar-refractivity contribution is -0.136. The predicted octanol–water partition coefficient (Wildman–Crippen LogP) is 1.18. The molecule has 5 nitrogen and oxygen atoms in total. The number of hydrogen-bond acceptors (Lipinski definition) is 3. The van der Waals surface area contributed by atoms with E-state index in [0.29, 0.717) is 12.5 Å². The number of aliphatic hydroxyl groups excluding tert-OH is 1. The molecule has 3 N–H and O–H groups in total. The topological polar surface area (TPSA) is 78.4 Å². The van der Waals surface area contributed by atoms with Gasteiger partial charge >= 0.3 is 11.8 Å². The van der Waals surface area contributed by atoms with Crippen LogP contribution in [0.15, 0.2) is 18.2 Å². The minimum Gasteiger partial charge on any atom is -0.396 e. The summed E-state index contributed by atoms with van der Waals surface area (Å²) in [7, 11) is 0. The highest BCUT2D eigenvalue weighted by Crippen LogP contribution is 2.33. The van der Waals surface area contributed by atoms with E-state index in [2.05, 4.69) is 10.6 Å². The van der Waals surface area contributed by atoms with Gasteiger partial charge in [0.2, 0.25) is 0 Å². The second-order valence-electron chi connectivity index (χ2n) is 5.04. The van der Waals surface area contributed by atoms with Crippen molar-refractivity contribution < 1.29 is 23.5 Å². The summed E-state index contributed by atoms with van der Waals surface area (Å²) in [6, 6.07) is 2.25. The number of benzene rings is 1. The zero-order chi connectivity index (χ0) is 15.4. The minimum absolute atomic E-state index is 0.0851. The van der Waals surface area contributed by atoms with Crippen LogP contribution in [0.3, 0.4) is 0 Å². The Labute approximate surface area is 120 Å². The van der Waals surface area contributed by atoms with Crippen LogP contribution in [0.25, 0.3) is 0 Å². The molecule has 0 aliphatic heterocycles. The number of nitrogens with one attached hydrogen (secondary N) is 2. The number of amides is 2. The van der Waals surface area contributed by atoms with Gasteiger partial charge in [0.1, 0.15) is 11.6 Å². The molecule has 114 valence electrons. The summed E-state index contributed by atoms with van der Waals surface area (Å²) < 4.78 is 26.0. The van der Waals surface area contributed by atoms with Crippen molar-refractivity contribution in [2.75, 3.05) is 11.9 Å². The molecule has 0 radical (unpaired) electrons. The van der Waals surface area contributed by atoms with Gasteiger partial charge in [0, 0.05) is 24.4 Å². The average molecular weight is 298 g/mol. The van der Waals surface area contributed by atoms with Gasteiger partial charge in [0.05, 0.1) is 0 Å². The van der Waals surface area contributed by atoms with Crippen LogP contribution in [0.4, 0.5) is 14.5 Å². The second kappa shape index (κ2) is 6.62. The van der Waals surface area contributed by atoms with Crippen molar-refractivity contribution in [2.24, 2.45) is 5.92 Å². The Hall–Kier alpha value is -2.02. The van der Waals surface area contributed by atoms with E-state index in [9.17, 15) is 18.4 Å². The maximum atomic E-state index is 13.0. The van der Waals surface area contributed by atoms with Gasteiger partial charge in [-0.1, -0.05) is 0 Å². The number of carbonyl (C=O) groups excluding carboxylic acids is 2. The van der Waals surface area contributed by atoms with Crippen molar-refractivity contribution in [2.45, 2.75) is 25.3 Å². The molecule has 1 aromatic rings. The van der Waals surface area contributed by atoms with Crippen molar-refractivity contribution in [1.29, 1.82) is 0 Å². The Balaban J connectivity index is 1.93. The number of halogens is 2. The van der Waals surface area contributed by atoms with E-state index in [1.807, 2.05) is 0 Å². The second-order valence-corrected chi connectivity index (χ2v) is 5.04. The van der Waals surface area contributed by atoms with Crippen molar-refractivity contribution in [3.8, 4) is 0 Å². The third-order valence-corrected chi connectivity index (χ3v) is 3.27. The number of aliphatic hydroxyl groups is 1. The summed E-state index contributed by atoms with van der Waals surface area (Å²) in [6.07, 6.45) is 2.27. The molecule has 0 spiro atoms. The molecule has 1 aromatic carbocycles. The first kappa shape index (κ1) is 15.4. The molecule has 0 heterocycles. The first-order chi connectivity index (χ1) is 9.99. The number of anilines is 1. The Bertz CT molecular complexity index is 527. The first-order valence-electron chi connectivity index (χ1n) is 6.68. The minimum atomic E-state index is -0.997. The third-order valence-electron chi connectivity index (χ3n) is 3.27. The van der Waals surface area contributed by atoms with Crippen LogP contribution in [0.2, 0.25) is 0 Å². The van der Waals surface area contributed by atoms with E-state index in [-0.39, 0.29) is 24.3 Å². The van der Waals surface area contributed by atoms with Crippen LogP contribution in [0.1, 0.15) is 19.3 Å². The molecule has 2 amide bonds. The van der Waals surface area contributed by atoms with Crippen molar-refractivity contribution in [3.05, 3.63) is 29.8 Å². The van der Waals surface area contributed by atoms with Gasteiger partial charge in [-0.3, -0.25) is 9.59 Å². The normalized spacial score (nSPS) is 15.4. The molecule has 21 heavy (non-hydrogen) atoms. The van der Waals surface area contributed by atoms with Crippen LogP contribution in [0.5, 0.6) is 0 Å². The Morgan fingerprint density at radius 3 is 2.33 bits per heavy atom. The van der Waals surface area contributed by atoms with Crippen LogP contribution >= 0.6 is 0 Å². The van der Waals surface area contributed by atoms with Crippen LogP contribution < -0.4 is 10.6 Å². The van der Waals surface area contributed by atoms with Gasteiger partial charge in [-0.15, -0.1) is 0 Å². The van der Waals surface area contributed by atoms with Crippen LogP contribution in [0, 0.1) is 17.6 Å². The van der Waals surface area contributed by atoms with E-state index >= 15 is 0 Å². The summed E-state index contributed by atoms with van der Waals surface area (Å²) in [5, 5.41) is 13.6. The van der Waals surface area contributed by atoms with Crippen LogP contribution in [-0.4, -0.2) is 29.6 Å². The largest absolute Gasteiger partial charge is 0.396 e. The Morgan fingerprint density at radius 1 is 1.19 bits per heavy atom. The maximum absolute atomic E-state index is 13.0. The van der Waals surface area contributed by atoms with Gasteiger partial charge in [-0.25, -0.2) is 8.78 Å². The molecule has 1 saturated carbocycles. The summed E-state index contributed by atoms with van der Waals surface area (Å²) in [5.41, 5.74) is -0.127. The van der Waals surface area contributed by atoms with Crippen molar-refractivity contribution >= 4 is 17.5 Å². The summed E-state index contributed by atoms with van der Waals surface area (Å²) in [6.45, 7) is -0.0851. The highest BCUT2D eigenvalue weighted by molar-refractivity contribution is 6.39. The lowest BCUT2D eigenvalue weighted by atomic mass is 10.1. The third kappa shape index (κ3) is 4.49. The zero-order valence-electron chi connectivity index (χ0n) is 11.2. The molecule has 7 heteroatoms. The number of carbonyl (C=O) groups is 2. The van der Waals surface area contributed by atoms with E-state index in [1.165, 1.54) is 0 Å². The van der Waals surface area contributed by atoms with Gasteiger partial charge in [0.15, 0.2) is 0 Å². The summed E-state index contributed by atoms with van der Waals surface area (Å²) in [5.74, 6) is -3.29. The molecule has 0 saturated heterocycles. The molecule has 0 bridgehead atoms. The fourth-order valence-electron chi connectivity index (χ4n) is 2.11. The van der Waals surface area contributed by atoms with Crippen molar-refractivity contribution in [1.82, 2.24) is 5.32 Å². The standard InChI is InChI=1S/C14H16F2N2O3/c15-9-5-10(16)7-11(6-9)17-13(20)14(21)18-12(3-4-19)8-1-2-8/h5-8,12,19H,1-4H2,(H,17,20)(H,18,21). The highest BCUT2D eigenvalue weighted by atomic mass is 19.1. The molecule has 1 aliphatic rings. The SMILES string of the molecule is O=C(Nc1cc(F)cc(F)c1)C(=O)NC(CCO)C1CC1. The van der Waals surface area contributed by atoms with Gasteiger partial charge in [0.25, 0.3) is 0 Å². The monoisotopic (exact) mass is 298 g/mol. The smallest absolute Gasteiger partial charge is 0.313 e. The Morgan fingerprint density at radius 2 is 1.81 bits per heavy atom. The molecule has 2 rings (SSSR count). The maximum Gasteiger partial charge on any atom is 0.313 e. The highest BCUT2D eigenvalue weighted by Gasteiger charge is 2.33. The number of rotatable bonds is 5. The predicted molar refractivity (Wildman–Crippen MR) is 71.3 cm³/mol. The van der Waals surface area contributed by atoms with E-state index in [4.69, 9.17) is 5.11 Å². The zero-order valence-corrected chi connectivity index (χ0v) is 11.2. The molecule has 1 unspecified atom stereocenters. The quantitative estimate of drug-likeness (QED) is 0.714. The summed E-state index contributed by atoms with van der Waals surface area (Å²) >= 11 is 0. The molecule has 1 fully saturated rings. The fourth-order valence-corrected chi connectivity index (χ4v) is 2.11. The average Bonchev–Trinajstić information content (AvgIpc) is 3.20. The van der Waals surface area contributed by atoms with E-state index < -0.39 is 23.4 Å². The van der Waals surface area contributed by atoms with Gasteiger partial charge in [-0.05, 0) is 37.3 Å². The van der Waals surface area contributed by atoms with E-state index in [0.717, 1.165) is 25.0 Å². The lowest BCUT2D eigenvalue weighted by Crippen LogP contribution is -2.43.